The summed E-state index contributed by atoms with van der Waals surface area (Å²) in [7, 11) is 0. The van der Waals surface area contributed by atoms with Gasteiger partial charge in [0.15, 0.2) is 11.6 Å². The van der Waals surface area contributed by atoms with Crippen LogP contribution in [0.2, 0.25) is 0 Å². The molecule has 2 aliphatic carbocycles. The molecule has 0 radical (unpaired) electrons. The van der Waals surface area contributed by atoms with Gasteiger partial charge in [0.1, 0.15) is 0 Å². The van der Waals surface area contributed by atoms with Gasteiger partial charge in [-0.05, 0) is 67.1 Å². The lowest BCUT2D eigenvalue weighted by atomic mass is 9.64. The van der Waals surface area contributed by atoms with Gasteiger partial charge >= 0.3 is 0 Å². The van der Waals surface area contributed by atoms with Crippen molar-refractivity contribution < 1.29 is 14.6 Å². The second-order valence-electron chi connectivity index (χ2n) is 6.48. The van der Waals surface area contributed by atoms with Crippen molar-refractivity contribution >= 4 is 0 Å². The number of rotatable bonds is 1. The molecule has 0 unspecified atom stereocenters. The first kappa shape index (κ1) is 12.9. The van der Waals surface area contributed by atoms with E-state index in [4.69, 9.17) is 0 Å². The third-order valence-electron chi connectivity index (χ3n) is 5.53. The SMILES string of the molecule is C[C@]12CC[C@@H](c3ccc(O)c(F)c3)C[C@H]1CC[C@@H]2O. The minimum absolute atomic E-state index is 0.0615. The second-order valence-corrected chi connectivity index (χ2v) is 6.48. The fourth-order valence-corrected chi connectivity index (χ4v) is 4.07. The first-order valence-electron chi connectivity index (χ1n) is 7.17. The Morgan fingerprint density at radius 1 is 1.26 bits per heavy atom. The highest BCUT2D eigenvalue weighted by atomic mass is 19.1. The Hall–Kier alpha value is -1.09. The maximum Gasteiger partial charge on any atom is 0.165 e. The Morgan fingerprint density at radius 3 is 2.79 bits per heavy atom. The summed E-state index contributed by atoms with van der Waals surface area (Å²) in [5.41, 5.74) is 1.05. The van der Waals surface area contributed by atoms with Gasteiger partial charge in [-0.15, -0.1) is 0 Å². The molecule has 0 bridgehead atoms. The van der Waals surface area contributed by atoms with Crippen LogP contribution >= 0.6 is 0 Å². The number of fused-ring (bicyclic) bond motifs is 1. The van der Waals surface area contributed by atoms with Crippen LogP contribution in [-0.2, 0) is 0 Å². The Labute approximate surface area is 113 Å². The Morgan fingerprint density at radius 2 is 2.05 bits per heavy atom. The van der Waals surface area contributed by atoms with Crippen LogP contribution in [0.1, 0.15) is 50.5 Å². The van der Waals surface area contributed by atoms with E-state index in [2.05, 4.69) is 6.92 Å². The number of aromatic hydroxyl groups is 1. The number of phenolic OH excluding ortho intramolecular Hbond substituents is 1. The predicted molar refractivity (Wildman–Crippen MR) is 71.5 cm³/mol. The van der Waals surface area contributed by atoms with Gasteiger partial charge < -0.3 is 10.2 Å². The molecule has 2 aliphatic rings. The summed E-state index contributed by atoms with van der Waals surface area (Å²) in [5.74, 6) is 0.0922. The molecular formula is C16H21FO2. The molecule has 3 rings (SSSR count). The molecular weight excluding hydrogens is 243 g/mol. The van der Waals surface area contributed by atoms with Crippen LogP contribution in [0.3, 0.4) is 0 Å². The molecule has 0 heterocycles. The number of benzene rings is 1. The maximum atomic E-state index is 13.4. The predicted octanol–water partition coefficient (Wildman–Crippen LogP) is 3.58. The van der Waals surface area contributed by atoms with E-state index in [9.17, 15) is 14.6 Å². The first-order chi connectivity index (χ1) is 9.00. The van der Waals surface area contributed by atoms with Gasteiger partial charge in [-0.25, -0.2) is 4.39 Å². The third kappa shape index (κ3) is 2.04. The lowest BCUT2D eigenvalue weighted by Crippen LogP contribution is -2.36. The molecule has 3 heteroatoms. The van der Waals surface area contributed by atoms with Crippen molar-refractivity contribution in [1.29, 1.82) is 0 Å². The Kier molecular flexibility index (Phi) is 3.05. The molecule has 1 aromatic rings. The summed E-state index contributed by atoms with van der Waals surface area (Å²) in [6.07, 6.45) is 4.83. The molecule has 4 atom stereocenters. The monoisotopic (exact) mass is 264 g/mol. The summed E-state index contributed by atoms with van der Waals surface area (Å²) in [6.45, 7) is 2.20. The van der Waals surface area contributed by atoms with Gasteiger partial charge in [0, 0.05) is 0 Å². The van der Waals surface area contributed by atoms with Crippen molar-refractivity contribution in [3.8, 4) is 5.75 Å². The molecule has 2 nitrogen and oxygen atoms in total. The molecule has 0 spiro atoms. The summed E-state index contributed by atoms with van der Waals surface area (Å²) in [5, 5.41) is 19.4. The maximum absolute atomic E-state index is 13.4. The van der Waals surface area contributed by atoms with E-state index in [0.29, 0.717) is 11.8 Å². The average molecular weight is 264 g/mol. The number of hydrogen-bond donors (Lipinski definition) is 2. The summed E-state index contributed by atoms with van der Waals surface area (Å²) < 4.78 is 13.4. The molecule has 0 amide bonds. The third-order valence-corrected chi connectivity index (χ3v) is 5.53. The summed E-state index contributed by atoms with van der Waals surface area (Å²) in [4.78, 5) is 0. The standard InChI is InChI=1S/C16H21FO2/c1-16-7-6-11(8-12(16)3-5-15(16)19)10-2-4-14(18)13(17)9-10/h2,4,9,11-12,15,18-19H,3,5-8H2,1H3/t11-,12-,15+,16+/m1/s1. The smallest absolute Gasteiger partial charge is 0.165 e. The highest BCUT2D eigenvalue weighted by Crippen LogP contribution is 2.55. The van der Waals surface area contributed by atoms with E-state index >= 15 is 0 Å². The van der Waals surface area contributed by atoms with Gasteiger partial charge in [0.25, 0.3) is 0 Å². The van der Waals surface area contributed by atoms with Gasteiger partial charge in [-0.2, -0.15) is 0 Å². The topological polar surface area (TPSA) is 40.5 Å². The van der Waals surface area contributed by atoms with Crippen LogP contribution < -0.4 is 0 Å². The number of aliphatic hydroxyl groups excluding tert-OH is 1. The number of hydrogen-bond acceptors (Lipinski definition) is 2. The number of aliphatic hydroxyl groups is 1. The van der Waals surface area contributed by atoms with Crippen molar-refractivity contribution in [1.82, 2.24) is 0 Å². The van der Waals surface area contributed by atoms with Crippen LogP contribution in [0.5, 0.6) is 5.75 Å². The van der Waals surface area contributed by atoms with E-state index in [0.717, 1.165) is 37.7 Å². The number of phenols is 1. The molecule has 0 aromatic heterocycles. The summed E-state index contributed by atoms with van der Waals surface area (Å²) in [6, 6.07) is 4.74. The van der Waals surface area contributed by atoms with E-state index in [1.165, 1.54) is 12.1 Å². The van der Waals surface area contributed by atoms with Crippen molar-refractivity contribution in [3.05, 3.63) is 29.6 Å². The van der Waals surface area contributed by atoms with Crippen LogP contribution in [0.15, 0.2) is 18.2 Å². The summed E-state index contributed by atoms with van der Waals surface area (Å²) >= 11 is 0. The van der Waals surface area contributed by atoms with Crippen molar-refractivity contribution in [2.24, 2.45) is 11.3 Å². The van der Waals surface area contributed by atoms with Crippen molar-refractivity contribution in [3.63, 3.8) is 0 Å². The quantitative estimate of drug-likeness (QED) is 0.814. The highest BCUT2D eigenvalue weighted by Gasteiger charge is 2.48. The van der Waals surface area contributed by atoms with Crippen LogP contribution in [0.25, 0.3) is 0 Å². The normalized spacial score (nSPS) is 38.2. The van der Waals surface area contributed by atoms with Crippen molar-refractivity contribution in [2.75, 3.05) is 0 Å². The molecule has 1 aromatic carbocycles. The fraction of sp³-hybridized carbons (Fsp3) is 0.625. The first-order valence-corrected chi connectivity index (χ1v) is 7.17. The lowest BCUT2D eigenvalue weighted by molar-refractivity contribution is 0.00869. The zero-order chi connectivity index (χ0) is 13.6. The van der Waals surface area contributed by atoms with Gasteiger partial charge in [0.05, 0.1) is 6.10 Å². The fourth-order valence-electron chi connectivity index (χ4n) is 4.07. The van der Waals surface area contributed by atoms with E-state index in [-0.39, 0.29) is 17.3 Å². The molecule has 19 heavy (non-hydrogen) atoms. The van der Waals surface area contributed by atoms with E-state index < -0.39 is 5.82 Å². The minimum Gasteiger partial charge on any atom is -0.505 e. The van der Waals surface area contributed by atoms with Gasteiger partial charge in [-0.3, -0.25) is 0 Å². The number of halogens is 1. The molecule has 2 fully saturated rings. The molecule has 0 saturated heterocycles. The second kappa shape index (κ2) is 4.48. The largest absolute Gasteiger partial charge is 0.505 e. The van der Waals surface area contributed by atoms with Gasteiger partial charge in [-0.1, -0.05) is 13.0 Å². The molecule has 2 N–H and O–H groups in total. The van der Waals surface area contributed by atoms with E-state index in [1.807, 2.05) is 6.07 Å². The van der Waals surface area contributed by atoms with Crippen LogP contribution in [0, 0.1) is 17.2 Å². The van der Waals surface area contributed by atoms with Crippen LogP contribution in [-0.4, -0.2) is 16.3 Å². The lowest BCUT2D eigenvalue weighted by Gasteiger charge is -2.42. The molecule has 104 valence electrons. The van der Waals surface area contributed by atoms with Crippen molar-refractivity contribution in [2.45, 2.75) is 51.0 Å². The Bertz CT molecular complexity index is 488. The van der Waals surface area contributed by atoms with E-state index in [1.54, 1.807) is 0 Å². The van der Waals surface area contributed by atoms with Crippen LogP contribution in [0.4, 0.5) is 4.39 Å². The molecule has 2 saturated carbocycles. The Balaban J connectivity index is 1.80. The zero-order valence-electron chi connectivity index (χ0n) is 11.3. The molecule has 0 aliphatic heterocycles. The zero-order valence-corrected chi connectivity index (χ0v) is 11.3. The van der Waals surface area contributed by atoms with Gasteiger partial charge in [0.2, 0.25) is 0 Å². The average Bonchev–Trinajstić information content (AvgIpc) is 2.69. The minimum atomic E-state index is -0.530. The highest BCUT2D eigenvalue weighted by molar-refractivity contribution is 5.30.